The normalized spacial score (nSPS) is 16.2. The molecule has 7 nitrogen and oxygen atoms in total. The van der Waals surface area contributed by atoms with Crippen LogP contribution in [0.15, 0.2) is 12.4 Å². The monoisotopic (exact) mass is 334 g/mol. The number of carbonyl (C=O) groups excluding carboxylic acids is 2. The Balaban J connectivity index is 1.93. The van der Waals surface area contributed by atoms with E-state index in [1.165, 1.54) is 25.2 Å². The zero-order valence-corrected chi connectivity index (χ0v) is 14.3. The average Bonchev–Trinajstić information content (AvgIpc) is 3.07. The number of nitrogens with one attached hydrogen (secondary N) is 2. The first-order valence-corrected chi connectivity index (χ1v) is 8.54. The first kappa shape index (κ1) is 18.3. The maximum atomic E-state index is 12.1. The Morgan fingerprint density at radius 2 is 1.88 bits per heavy atom. The molecule has 0 radical (unpaired) electrons. The molecule has 132 valence electrons. The minimum absolute atomic E-state index is 0.0243. The van der Waals surface area contributed by atoms with E-state index in [4.69, 9.17) is 5.21 Å². The topological polar surface area (TPSA) is 104 Å². The summed E-state index contributed by atoms with van der Waals surface area (Å²) in [6.45, 7) is 4.58. The molecule has 0 saturated heterocycles. The van der Waals surface area contributed by atoms with Crippen LogP contribution in [0.25, 0.3) is 0 Å². The average molecular weight is 334 g/mol. The molecular formula is C17H26N4O3. The summed E-state index contributed by atoms with van der Waals surface area (Å²) < 4.78 is 0. The highest BCUT2D eigenvalue weighted by atomic mass is 16.5. The van der Waals surface area contributed by atoms with E-state index in [1.54, 1.807) is 5.48 Å². The minimum Gasteiger partial charge on any atom is -0.355 e. The van der Waals surface area contributed by atoms with Gasteiger partial charge in [-0.1, -0.05) is 26.7 Å². The lowest BCUT2D eigenvalue weighted by molar-refractivity contribution is -0.122. The molecule has 1 aromatic rings. The van der Waals surface area contributed by atoms with Crippen molar-refractivity contribution in [1.29, 1.82) is 0 Å². The van der Waals surface area contributed by atoms with E-state index in [0.717, 1.165) is 12.8 Å². The largest absolute Gasteiger partial charge is 0.355 e. The molecule has 1 aliphatic carbocycles. The van der Waals surface area contributed by atoms with Crippen LogP contribution in [0.1, 0.15) is 68.1 Å². The highest BCUT2D eigenvalue weighted by Gasteiger charge is 2.22. The van der Waals surface area contributed by atoms with Gasteiger partial charge in [0.2, 0.25) is 5.91 Å². The summed E-state index contributed by atoms with van der Waals surface area (Å²) >= 11 is 0. The van der Waals surface area contributed by atoms with Crippen molar-refractivity contribution in [1.82, 2.24) is 20.8 Å². The van der Waals surface area contributed by atoms with Gasteiger partial charge in [0, 0.05) is 31.3 Å². The minimum atomic E-state index is -0.646. The van der Waals surface area contributed by atoms with Crippen LogP contribution in [0.2, 0.25) is 0 Å². The molecule has 1 atom stereocenters. The standard InChI is InChI=1S/C17H26N4O3/c1-11(2)14(10-18-15(22)7-12-5-3-4-6-12)16-19-8-13(9-20-16)17(23)21-24/h8-9,11-12,14,24H,3-7,10H2,1-2H3,(H,18,22)(H,21,23). The number of amides is 2. The molecule has 7 heteroatoms. The fourth-order valence-electron chi connectivity index (χ4n) is 3.11. The van der Waals surface area contributed by atoms with Crippen molar-refractivity contribution in [3.8, 4) is 0 Å². The van der Waals surface area contributed by atoms with E-state index in [9.17, 15) is 9.59 Å². The molecule has 1 saturated carbocycles. The summed E-state index contributed by atoms with van der Waals surface area (Å²) in [7, 11) is 0. The molecule has 0 bridgehead atoms. The van der Waals surface area contributed by atoms with Gasteiger partial charge in [0.25, 0.3) is 5.91 Å². The van der Waals surface area contributed by atoms with Gasteiger partial charge in [-0.15, -0.1) is 0 Å². The van der Waals surface area contributed by atoms with Crippen molar-refractivity contribution in [2.75, 3.05) is 6.54 Å². The van der Waals surface area contributed by atoms with Crippen LogP contribution in [0.3, 0.4) is 0 Å². The third kappa shape index (κ3) is 4.99. The Kier molecular flexibility index (Phi) is 6.66. The van der Waals surface area contributed by atoms with Crippen molar-refractivity contribution in [2.24, 2.45) is 11.8 Å². The first-order valence-electron chi connectivity index (χ1n) is 8.54. The zero-order chi connectivity index (χ0) is 17.5. The predicted octanol–water partition coefficient (Wildman–Crippen LogP) is 2.03. The molecular weight excluding hydrogens is 308 g/mol. The number of nitrogens with zero attached hydrogens (tertiary/aromatic N) is 2. The predicted molar refractivity (Wildman–Crippen MR) is 88.4 cm³/mol. The zero-order valence-electron chi connectivity index (χ0n) is 14.3. The second kappa shape index (κ2) is 8.73. The van der Waals surface area contributed by atoms with Gasteiger partial charge in [0.05, 0.1) is 5.56 Å². The lowest BCUT2D eigenvalue weighted by atomic mass is 9.94. The smallest absolute Gasteiger partial charge is 0.277 e. The summed E-state index contributed by atoms with van der Waals surface area (Å²) in [6, 6.07) is 0. The third-order valence-electron chi connectivity index (χ3n) is 4.64. The van der Waals surface area contributed by atoms with Crippen LogP contribution in [0.4, 0.5) is 0 Å². The van der Waals surface area contributed by atoms with Crippen molar-refractivity contribution in [3.63, 3.8) is 0 Å². The quantitative estimate of drug-likeness (QED) is 0.523. The molecule has 1 unspecified atom stereocenters. The summed E-state index contributed by atoms with van der Waals surface area (Å²) in [5.74, 6) is 0.769. The lowest BCUT2D eigenvalue weighted by Crippen LogP contribution is -2.32. The second-order valence-electron chi connectivity index (χ2n) is 6.78. The molecule has 0 aromatic carbocycles. The Morgan fingerprint density at radius 1 is 1.25 bits per heavy atom. The van der Waals surface area contributed by atoms with Crippen LogP contribution in [0.5, 0.6) is 0 Å². The molecule has 1 aliphatic rings. The number of hydrogen-bond acceptors (Lipinski definition) is 5. The highest BCUT2D eigenvalue weighted by molar-refractivity contribution is 5.92. The Hall–Kier alpha value is -2.02. The van der Waals surface area contributed by atoms with Crippen molar-refractivity contribution >= 4 is 11.8 Å². The van der Waals surface area contributed by atoms with Gasteiger partial charge in [-0.05, 0) is 24.7 Å². The van der Waals surface area contributed by atoms with Gasteiger partial charge in [-0.25, -0.2) is 15.4 Å². The molecule has 24 heavy (non-hydrogen) atoms. The van der Waals surface area contributed by atoms with E-state index in [1.807, 2.05) is 13.8 Å². The number of aromatic nitrogens is 2. The van der Waals surface area contributed by atoms with Crippen LogP contribution < -0.4 is 10.8 Å². The summed E-state index contributed by atoms with van der Waals surface area (Å²) in [5.41, 5.74) is 1.74. The maximum absolute atomic E-state index is 12.1. The van der Waals surface area contributed by atoms with Crippen LogP contribution in [0, 0.1) is 11.8 Å². The van der Waals surface area contributed by atoms with Crippen molar-refractivity contribution in [2.45, 2.75) is 51.9 Å². The molecule has 0 aliphatic heterocycles. The van der Waals surface area contributed by atoms with Crippen LogP contribution in [-0.4, -0.2) is 33.5 Å². The number of hydroxylamine groups is 1. The van der Waals surface area contributed by atoms with Gasteiger partial charge < -0.3 is 5.32 Å². The third-order valence-corrected chi connectivity index (χ3v) is 4.64. The van der Waals surface area contributed by atoms with Crippen molar-refractivity contribution in [3.05, 3.63) is 23.8 Å². The van der Waals surface area contributed by atoms with Gasteiger partial charge in [0.15, 0.2) is 0 Å². The second-order valence-corrected chi connectivity index (χ2v) is 6.78. The van der Waals surface area contributed by atoms with Gasteiger partial charge in [-0.3, -0.25) is 14.8 Å². The highest BCUT2D eigenvalue weighted by Crippen LogP contribution is 2.27. The van der Waals surface area contributed by atoms with E-state index < -0.39 is 5.91 Å². The van der Waals surface area contributed by atoms with E-state index in [-0.39, 0.29) is 23.3 Å². The summed E-state index contributed by atoms with van der Waals surface area (Å²) in [5, 5.41) is 11.6. The SMILES string of the molecule is CC(C)C(CNC(=O)CC1CCCC1)c1ncc(C(=O)NO)cn1. The lowest BCUT2D eigenvalue weighted by Gasteiger charge is -2.20. The molecule has 1 aromatic heterocycles. The molecule has 2 amide bonds. The molecule has 2 rings (SSSR count). The number of hydrogen-bond donors (Lipinski definition) is 3. The summed E-state index contributed by atoms with van der Waals surface area (Å²) in [6.07, 6.45) is 8.12. The van der Waals surface area contributed by atoms with E-state index in [2.05, 4.69) is 15.3 Å². The van der Waals surface area contributed by atoms with Gasteiger partial charge in [0.1, 0.15) is 5.82 Å². The molecule has 3 N–H and O–H groups in total. The summed E-state index contributed by atoms with van der Waals surface area (Å²) in [4.78, 5) is 31.8. The van der Waals surface area contributed by atoms with Crippen LogP contribution in [-0.2, 0) is 4.79 Å². The molecule has 0 spiro atoms. The van der Waals surface area contributed by atoms with E-state index in [0.29, 0.717) is 24.7 Å². The van der Waals surface area contributed by atoms with Gasteiger partial charge in [-0.2, -0.15) is 0 Å². The Morgan fingerprint density at radius 3 is 2.42 bits per heavy atom. The van der Waals surface area contributed by atoms with E-state index >= 15 is 0 Å². The fraction of sp³-hybridized carbons (Fsp3) is 0.647. The number of carbonyl (C=O) groups is 2. The Bertz CT molecular complexity index is 553. The molecule has 1 fully saturated rings. The first-order chi connectivity index (χ1) is 11.5. The van der Waals surface area contributed by atoms with Crippen LogP contribution >= 0.6 is 0 Å². The van der Waals surface area contributed by atoms with Crippen molar-refractivity contribution < 1.29 is 14.8 Å². The Labute approximate surface area is 142 Å². The van der Waals surface area contributed by atoms with Gasteiger partial charge >= 0.3 is 0 Å². The fourth-order valence-corrected chi connectivity index (χ4v) is 3.11. The number of rotatable bonds is 7. The molecule has 1 heterocycles. The maximum Gasteiger partial charge on any atom is 0.277 e.